The average molecular weight is 470 g/mol. The van der Waals surface area contributed by atoms with E-state index < -0.39 is 5.41 Å². The molecule has 34 heavy (non-hydrogen) atoms. The van der Waals surface area contributed by atoms with Gasteiger partial charge in [0.25, 0.3) is 0 Å². The molecule has 7 N–H and O–H groups in total. The second-order valence-corrected chi connectivity index (χ2v) is 6.16. The zero-order chi connectivity index (χ0) is 21.0. The summed E-state index contributed by atoms with van der Waals surface area (Å²) in [5.41, 5.74) is 1.83. The number of rotatable bonds is 7. The Labute approximate surface area is 199 Å². The van der Waals surface area contributed by atoms with Gasteiger partial charge in [-0.15, -0.1) is 0 Å². The van der Waals surface area contributed by atoms with Crippen LogP contribution in [-0.2, 0) is 5.41 Å². The van der Waals surface area contributed by atoms with Gasteiger partial charge in [-0.3, -0.25) is 0 Å². The van der Waals surface area contributed by atoms with Crippen LogP contribution >= 0.6 is 0 Å². The van der Waals surface area contributed by atoms with E-state index in [1.807, 2.05) is 54.7 Å². The average Bonchev–Trinajstić information content (AvgIpc) is 3.53. The molecule has 0 aliphatic heterocycles. The molecule has 0 spiro atoms. The summed E-state index contributed by atoms with van der Waals surface area (Å²) in [6.07, 6.45) is 7.02. The smallest absolute Gasteiger partial charge is 0.137 e. The van der Waals surface area contributed by atoms with Crippen LogP contribution < -0.4 is 17.5 Å². The Hall–Kier alpha value is -4.68. The van der Waals surface area contributed by atoms with Gasteiger partial charge in [0.15, 0.2) is 0 Å². The number of hydrogen-bond donors (Lipinski definition) is 4. The molecule has 0 unspecified atom stereocenters. The fourth-order valence-electron chi connectivity index (χ4n) is 3.78. The van der Waals surface area contributed by atoms with Crippen LogP contribution in [0.4, 0.5) is 0 Å². The van der Waals surface area contributed by atoms with Crippen molar-refractivity contribution in [3.8, 4) is 0 Å². The van der Waals surface area contributed by atoms with Crippen molar-refractivity contribution in [3.63, 3.8) is 0 Å². The monoisotopic (exact) mass is 469 g/mol. The molecular weight excluding hydrogens is 434 g/mol. The molecular formula is C21H35N13. The van der Waals surface area contributed by atoms with E-state index in [0.29, 0.717) is 17.1 Å². The second-order valence-electron chi connectivity index (χ2n) is 6.16. The predicted molar refractivity (Wildman–Crippen MR) is 133 cm³/mol. The van der Waals surface area contributed by atoms with Crippen molar-refractivity contribution in [2.75, 3.05) is 0 Å². The zero-order valence-electron chi connectivity index (χ0n) is 15.7. The maximum Gasteiger partial charge on any atom is 0.137 e. The molecule has 0 saturated carbocycles. The van der Waals surface area contributed by atoms with Crippen LogP contribution in [0.1, 0.15) is 52.5 Å². The summed E-state index contributed by atoms with van der Waals surface area (Å²) < 4.78 is 4.69. The van der Waals surface area contributed by atoms with Gasteiger partial charge in [-0.1, -0.05) is 45.4 Å². The summed E-state index contributed by atoms with van der Waals surface area (Å²) in [6, 6.07) is 15.0. The van der Waals surface area contributed by atoms with Crippen molar-refractivity contribution in [1.82, 2.24) is 19.0 Å². The van der Waals surface area contributed by atoms with Crippen molar-refractivity contribution in [1.29, 1.82) is 0 Å². The molecule has 0 aliphatic carbocycles. The number of hydrogen-bond acceptors (Lipinski definition) is 6. The lowest BCUT2D eigenvalue weighted by atomic mass is 9.75. The fourth-order valence-corrected chi connectivity index (χ4v) is 3.78. The Morgan fingerprint density at radius 2 is 0.971 bits per heavy atom. The highest BCUT2D eigenvalue weighted by atomic mass is 15.6. The third kappa shape index (κ3) is 4.44. The molecule has 13 heteroatoms. The van der Waals surface area contributed by atoms with E-state index in [2.05, 4.69) is 36.3 Å². The Kier molecular flexibility index (Phi) is 10.7. The second kappa shape index (κ2) is 12.4. The lowest BCUT2D eigenvalue weighted by molar-refractivity contribution is 0.535. The predicted octanol–water partition coefficient (Wildman–Crippen LogP) is 4.61. The van der Waals surface area contributed by atoms with Crippen LogP contribution in [0.15, 0.2) is 105 Å². The number of aromatic nitrogens is 4. The van der Waals surface area contributed by atoms with Crippen LogP contribution in [0.25, 0.3) is 0 Å². The summed E-state index contributed by atoms with van der Waals surface area (Å²) in [5.74, 6) is 16.1. The van der Waals surface area contributed by atoms with Gasteiger partial charge < -0.3 is 22.5 Å². The summed E-state index contributed by atoms with van der Waals surface area (Å²) >= 11 is 0. The first kappa shape index (κ1) is 29.3. The minimum atomic E-state index is -1.03. The number of H-pyrrole nitrogens is 1. The highest BCUT2D eigenvalue weighted by Crippen LogP contribution is 2.45. The highest BCUT2D eigenvalue weighted by molar-refractivity contribution is 5.53. The molecule has 0 bridgehead atoms. The number of nitrogens with one attached hydrogen (secondary N) is 1. The molecule has 0 aliphatic rings. The first-order chi connectivity index (χ1) is 14.8. The van der Waals surface area contributed by atoms with E-state index in [1.165, 1.54) is 0 Å². The number of aromatic amines is 1. The minimum Gasteiger partial charge on any atom is -0.364 e. The van der Waals surface area contributed by atoms with E-state index in [1.54, 1.807) is 32.6 Å². The Morgan fingerprint density at radius 1 is 0.588 bits per heavy atom. The number of nitrogens with two attached hydrogens (primary N) is 3. The summed E-state index contributed by atoms with van der Waals surface area (Å²) in [6.45, 7) is 0. The normalized spacial score (nSPS) is 11.2. The Bertz CT molecular complexity index is 1070. The quantitative estimate of drug-likeness (QED) is 0.175. The van der Waals surface area contributed by atoms with Crippen molar-refractivity contribution in [3.05, 3.63) is 96.1 Å². The van der Waals surface area contributed by atoms with Crippen LogP contribution in [-0.4, -0.2) is 19.0 Å². The first-order valence-corrected chi connectivity index (χ1v) is 8.78. The van der Waals surface area contributed by atoms with E-state index in [-0.39, 0.29) is 29.7 Å². The van der Waals surface area contributed by atoms with Gasteiger partial charge in [-0.2, -0.15) is 0 Å². The lowest BCUT2D eigenvalue weighted by Crippen LogP contribution is -2.36. The molecule has 0 atom stereocenters. The van der Waals surface area contributed by atoms with Crippen molar-refractivity contribution >= 4 is 0 Å². The van der Waals surface area contributed by atoms with Gasteiger partial charge in [0, 0.05) is 30.5 Å². The minimum absolute atomic E-state index is 0. The SMILES string of the molecule is C.C.C.C.N/N=N/n1cccc1C(c1ccc[nH]1)(c1cccn1/N=N/N)c1cccn1/N=N/N. The summed E-state index contributed by atoms with van der Waals surface area (Å²) in [4.78, 5) is 3.30. The molecule has 4 rings (SSSR count). The molecule has 0 saturated heterocycles. The van der Waals surface area contributed by atoms with E-state index in [9.17, 15) is 0 Å². The Morgan fingerprint density at radius 3 is 1.26 bits per heavy atom. The molecule has 0 amide bonds. The van der Waals surface area contributed by atoms with Gasteiger partial charge in [0.05, 0.1) is 17.1 Å². The first-order valence-electron chi connectivity index (χ1n) is 8.78. The molecule has 184 valence electrons. The van der Waals surface area contributed by atoms with Gasteiger partial charge in [0.2, 0.25) is 0 Å². The van der Waals surface area contributed by atoms with Crippen LogP contribution in [0.3, 0.4) is 0 Å². The van der Waals surface area contributed by atoms with Crippen molar-refractivity contribution in [2.45, 2.75) is 35.1 Å². The van der Waals surface area contributed by atoms with Crippen molar-refractivity contribution < 1.29 is 0 Å². The maximum absolute atomic E-state index is 5.36. The molecule has 4 heterocycles. The highest BCUT2D eigenvalue weighted by Gasteiger charge is 2.46. The third-order valence-corrected chi connectivity index (χ3v) is 4.78. The fraction of sp³-hybridized carbons (Fsp3) is 0.238. The third-order valence-electron chi connectivity index (χ3n) is 4.78. The van der Waals surface area contributed by atoms with Gasteiger partial charge in [-0.05, 0) is 64.2 Å². The lowest BCUT2D eigenvalue weighted by Gasteiger charge is -2.33. The van der Waals surface area contributed by atoms with Gasteiger partial charge in [-0.25, -0.2) is 14.0 Å². The summed E-state index contributed by atoms with van der Waals surface area (Å²) in [7, 11) is 0. The van der Waals surface area contributed by atoms with Gasteiger partial charge >= 0.3 is 0 Å². The van der Waals surface area contributed by atoms with Crippen LogP contribution in [0, 0.1) is 0 Å². The number of nitrogens with zero attached hydrogens (tertiary/aromatic N) is 9. The molecule has 0 radical (unpaired) electrons. The molecule has 4 aromatic rings. The molecule has 0 fully saturated rings. The van der Waals surface area contributed by atoms with E-state index >= 15 is 0 Å². The summed E-state index contributed by atoms with van der Waals surface area (Å²) in [5, 5.41) is 22.5. The largest absolute Gasteiger partial charge is 0.364 e. The van der Waals surface area contributed by atoms with Crippen LogP contribution in [0.5, 0.6) is 0 Å². The van der Waals surface area contributed by atoms with E-state index in [4.69, 9.17) is 17.5 Å². The molecule has 0 aromatic carbocycles. The topological polar surface area (TPSA) is 183 Å². The Balaban J connectivity index is 0.00000272. The van der Waals surface area contributed by atoms with E-state index in [0.717, 1.165) is 5.69 Å². The van der Waals surface area contributed by atoms with Crippen LogP contribution in [0.2, 0.25) is 0 Å². The zero-order valence-corrected chi connectivity index (χ0v) is 15.7. The molecule has 13 nitrogen and oxygen atoms in total. The maximum atomic E-state index is 5.36. The standard InChI is InChI=1S/C17H19N13.4CH4/c18-22-25-28-10-2-6-14(28)17(13-5-1-9-21-13,15-7-3-11-29(15)26-23-19)16-8-4-12-30(16)27-24-20;;;;/h1-12,21H,(H2,18,25)(H2,19,26)(H2,20,27);4*1H4. The molecule has 4 aromatic heterocycles. The van der Waals surface area contributed by atoms with Crippen molar-refractivity contribution in [2.24, 2.45) is 48.9 Å². The van der Waals surface area contributed by atoms with Gasteiger partial charge in [0.1, 0.15) is 5.41 Å².